The van der Waals surface area contributed by atoms with Gasteiger partial charge in [-0.2, -0.15) is 0 Å². The van der Waals surface area contributed by atoms with Crippen LogP contribution in [0.25, 0.3) is 0 Å². The summed E-state index contributed by atoms with van der Waals surface area (Å²) in [5.74, 6) is 3.60. The van der Waals surface area contributed by atoms with E-state index in [2.05, 4.69) is 327 Å². The second-order valence-electron chi connectivity index (χ2n) is 23.2. The van der Waals surface area contributed by atoms with Crippen molar-refractivity contribution in [3.63, 3.8) is 0 Å². The van der Waals surface area contributed by atoms with Gasteiger partial charge < -0.3 is 9.80 Å². The number of nitrogens with zero attached hydrogens (tertiary/aromatic N) is 8. The van der Waals surface area contributed by atoms with Crippen LogP contribution in [0.1, 0.15) is 0 Å². The van der Waals surface area contributed by atoms with Gasteiger partial charge in [-0.1, -0.05) is 176 Å². The van der Waals surface area contributed by atoms with E-state index in [1.54, 1.807) is 0 Å². The average Bonchev–Trinajstić information content (AvgIpc) is 0.852. The first kappa shape index (κ1) is 48.1. The Morgan fingerprint density at radius 2 is 0.391 bits per heavy atom. The van der Waals surface area contributed by atoms with E-state index in [1.807, 2.05) is 0 Å². The number of pyridine rings is 2. The number of hydrogen-bond acceptors (Lipinski definition) is 8. The van der Waals surface area contributed by atoms with Gasteiger partial charge in [-0.05, 0) is 170 Å². The van der Waals surface area contributed by atoms with Crippen molar-refractivity contribution in [2.75, 3.05) is 29.4 Å². The van der Waals surface area contributed by atoms with Gasteiger partial charge in [0.05, 0.1) is 0 Å². The van der Waals surface area contributed by atoms with Crippen LogP contribution >= 0.6 is 0 Å². The van der Waals surface area contributed by atoms with Gasteiger partial charge in [0, 0.05) is 79.6 Å². The molecule has 11 aromatic carbocycles. The quantitative estimate of drug-likeness (QED) is 0.153. The molecule has 0 spiro atoms. The summed E-state index contributed by atoms with van der Waals surface area (Å²) in [7, 11) is 0. The molecule has 0 unspecified atom stereocenters. The normalized spacial score (nSPS) is 14.0. The molecule has 11 heteroatoms. The van der Waals surface area contributed by atoms with E-state index in [-0.39, 0.29) is 20.1 Å². The fourth-order valence-electron chi connectivity index (χ4n) is 15.4. The highest BCUT2D eigenvalue weighted by molar-refractivity contribution is 7.04. The Hall–Kier alpha value is -11.3. The fourth-order valence-corrected chi connectivity index (χ4v) is 15.4. The second kappa shape index (κ2) is 18.6. The Labute approximate surface area is 506 Å². The predicted octanol–water partition coefficient (Wildman–Crippen LogP) is 12.7. The molecule has 2 aromatic heterocycles. The topological polar surface area (TPSA) is 45.2 Å². The van der Waals surface area contributed by atoms with Gasteiger partial charge in [0.15, 0.2) is 0 Å². The van der Waals surface area contributed by atoms with Crippen molar-refractivity contribution in [2.45, 2.75) is 0 Å². The zero-order chi connectivity index (χ0) is 56.8. The van der Waals surface area contributed by atoms with E-state index in [0.29, 0.717) is 0 Å². The Morgan fingerprint density at radius 3 is 0.667 bits per heavy atom. The van der Waals surface area contributed by atoms with Gasteiger partial charge in [0.25, 0.3) is 20.1 Å². The van der Waals surface area contributed by atoms with Gasteiger partial charge in [-0.25, -0.2) is 9.97 Å². The van der Waals surface area contributed by atoms with Crippen LogP contribution in [-0.2, 0) is 0 Å². The molecule has 13 aromatic rings. The molecule has 6 aliphatic rings. The van der Waals surface area contributed by atoms with Gasteiger partial charge in [0.1, 0.15) is 23.3 Å². The van der Waals surface area contributed by atoms with Crippen LogP contribution in [0.2, 0.25) is 0 Å². The molecule has 0 atom stereocenters. The van der Waals surface area contributed by atoms with Crippen LogP contribution in [0.5, 0.6) is 0 Å². The molecular weight excluding hydrogens is 1060 g/mol. The summed E-state index contributed by atoms with van der Waals surface area (Å²) in [6, 6.07) is 109. The molecule has 0 saturated carbocycles. The first-order valence-corrected chi connectivity index (χ1v) is 30.0. The van der Waals surface area contributed by atoms with E-state index >= 15 is 0 Å². The Kier molecular flexibility index (Phi) is 10.3. The maximum atomic E-state index is 6.25. The lowest BCUT2D eigenvalue weighted by Crippen LogP contribution is -2.67. The number of aromatic nitrogens is 2. The summed E-state index contributed by atoms with van der Waals surface area (Å²) in [4.78, 5) is 27.1. The third kappa shape index (κ3) is 6.82. The lowest BCUT2D eigenvalue weighted by atomic mass is 9.29. The fraction of sp³-hybridized carbons (Fsp3) is 0. The molecule has 402 valence electrons. The molecule has 0 saturated heterocycles. The van der Waals surface area contributed by atoms with Crippen molar-refractivity contribution in [1.82, 2.24) is 9.97 Å². The minimum absolute atomic E-state index is 0.159. The molecule has 8 nitrogen and oxygen atoms in total. The molecule has 8 heterocycles. The number of anilines is 18. The first-order chi connectivity index (χ1) is 43.2. The highest BCUT2D eigenvalue weighted by Crippen LogP contribution is 2.49. The largest absolute Gasteiger partial charge is 0.311 e. The van der Waals surface area contributed by atoms with Crippen LogP contribution in [0, 0.1) is 0 Å². The molecule has 0 radical (unpaired) electrons. The van der Waals surface area contributed by atoms with Crippen molar-refractivity contribution in [3.05, 3.63) is 297 Å². The number of benzene rings is 11. The molecule has 0 N–H and O–H groups in total. The molecule has 6 aliphatic heterocycles. The zero-order valence-corrected chi connectivity index (χ0v) is 47.1. The number of hydrogen-bond donors (Lipinski definition) is 0. The van der Waals surface area contributed by atoms with Crippen molar-refractivity contribution in [3.8, 4) is 0 Å². The van der Waals surface area contributed by atoms with E-state index < -0.39 is 0 Å². The van der Waals surface area contributed by atoms with Crippen molar-refractivity contribution in [2.24, 2.45) is 0 Å². The third-order valence-electron chi connectivity index (χ3n) is 18.7. The minimum Gasteiger partial charge on any atom is -0.311 e. The maximum absolute atomic E-state index is 6.25. The highest BCUT2D eigenvalue weighted by Gasteiger charge is 2.51. The second-order valence-corrected chi connectivity index (χ2v) is 23.2. The minimum atomic E-state index is -0.306. The molecule has 0 bridgehead atoms. The average molecular weight is 1110 g/mol. The van der Waals surface area contributed by atoms with Gasteiger partial charge in [-0.3, -0.25) is 19.6 Å². The first-order valence-electron chi connectivity index (χ1n) is 30.0. The van der Waals surface area contributed by atoms with E-state index in [1.165, 1.54) is 27.3 Å². The summed E-state index contributed by atoms with van der Waals surface area (Å²) in [5.41, 5.74) is 26.2. The van der Waals surface area contributed by atoms with Crippen LogP contribution in [-0.4, -0.2) is 30.1 Å². The van der Waals surface area contributed by atoms with Crippen LogP contribution < -0.4 is 78.6 Å². The SMILES string of the molecule is c1ccc(N2c3ccccc3B3c4cc5c(nc4N(c4ccccc4)c4cccc2c43)N(c2ccccc2)c2cccc3c2B5c2cc4c(nc2N3c2ccccc2)N(c2ccccc2)c2cccc3c2B4c2ccccc2N3c2ccccc2)cc1. The third-order valence-corrected chi connectivity index (χ3v) is 18.7. The molecule has 87 heavy (non-hydrogen) atoms. The Bertz CT molecular complexity index is 4640. The molecule has 0 amide bonds. The summed E-state index contributed by atoms with van der Waals surface area (Å²) in [6.07, 6.45) is 0. The lowest BCUT2D eigenvalue weighted by Gasteiger charge is -2.47. The summed E-state index contributed by atoms with van der Waals surface area (Å²) in [5, 5.41) is 0. The van der Waals surface area contributed by atoms with Gasteiger partial charge >= 0.3 is 0 Å². The zero-order valence-electron chi connectivity index (χ0n) is 47.1. The Balaban J connectivity index is 0.930. The van der Waals surface area contributed by atoms with Gasteiger partial charge in [0.2, 0.25) is 0 Å². The van der Waals surface area contributed by atoms with Crippen LogP contribution in [0.4, 0.5) is 103 Å². The molecular formula is C76H49B3N8. The molecule has 0 aliphatic carbocycles. The molecule has 0 fully saturated rings. The predicted molar refractivity (Wildman–Crippen MR) is 364 cm³/mol. The number of fused-ring (bicyclic) bond motifs is 12. The summed E-state index contributed by atoms with van der Waals surface area (Å²) >= 11 is 0. The Morgan fingerprint density at radius 1 is 0.184 bits per heavy atom. The number of para-hydroxylation sites is 8. The summed E-state index contributed by atoms with van der Waals surface area (Å²) in [6.45, 7) is -0.624. The van der Waals surface area contributed by atoms with E-state index in [4.69, 9.17) is 9.97 Å². The lowest BCUT2D eigenvalue weighted by molar-refractivity contribution is 1.13. The van der Waals surface area contributed by atoms with E-state index in [0.717, 1.165) is 125 Å². The molecule has 19 rings (SSSR count). The van der Waals surface area contributed by atoms with Crippen molar-refractivity contribution < 1.29 is 0 Å². The monoisotopic (exact) mass is 1110 g/mol. The smallest absolute Gasteiger partial charge is 0.256 e. The standard InChI is InChI=1S/C76H49B3N8/c1-7-26-50(27-8-1)82-62-40-21-19-38-56(62)77-58-48-60-75(80-73(58)84(52-30-11-3-12-31-52)66-44-23-42-64(82)70(66)77)86(54-34-15-5-16-35-54)68-46-25-47-69-72(68)79(60)61-49-59-74(81-76(61)87(69)55-36-17-6-18-37-55)85(53-32-13-4-14-33-53)67-45-24-43-65-71(67)78(59)57-39-20-22-41-63(57)83(65)51-28-9-2-10-29-51/h1-49H. The van der Waals surface area contributed by atoms with E-state index in [9.17, 15) is 0 Å². The van der Waals surface area contributed by atoms with Gasteiger partial charge in [-0.15, -0.1) is 0 Å². The van der Waals surface area contributed by atoms with Crippen molar-refractivity contribution >= 4 is 172 Å². The highest BCUT2D eigenvalue weighted by atomic mass is 15.3. The van der Waals surface area contributed by atoms with Crippen LogP contribution in [0.3, 0.4) is 0 Å². The summed E-state index contributed by atoms with van der Waals surface area (Å²) < 4.78 is 0. The maximum Gasteiger partial charge on any atom is 0.256 e. The number of rotatable bonds is 6. The van der Waals surface area contributed by atoms with Crippen molar-refractivity contribution in [1.29, 1.82) is 0 Å². The van der Waals surface area contributed by atoms with Crippen LogP contribution in [0.15, 0.2) is 297 Å².